The summed E-state index contributed by atoms with van der Waals surface area (Å²) in [6, 6.07) is 6.29. The Morgan fingerprint density at radius 2 is 2.04 bits per heavy atom. The third kappa shape index (κ3) is 7.88. The molecule has 0 aliphatic carbocycles. The highest BCUT2D eigenvalue weighted by Gasteiger charge is 2.04. The number of benzene rings is 1. The van der Waals surface area contributed by atoms with Crippen molar-refractivity contribution in [1.29, 1.82) is 0 Å². The summed E-state index contributed by atoms with van der Waals surface area (Å²) in [5.74, 6) is 1.84. The van der Waals surface area contributed by atoms with E-state index in [2.05, 4.69) is 60.6 Å². The molecule has 0 heterocycles. The number of guanidine groups is 1. The van der Waals surface area contributed by atoms with Gasteiger partial charge < -0.3 is 20.3 Å². The molecule has 23 heavy (non-hydrogen) atoms. The van der Waals surface area contributed by atoms with Crippen molar-refractivity contribution in [2.24, 2.45) is 4.99 Å². The maximum Gasteiger partial charge on any atom is 0.191 e. The van der Waals surface area contributed by atoms with E-state index < -0.39 is 0 Å². The molecular weight excluding hydrogens is 288 g/mol. The molecule has 0 saturated carbocycles. The summed E-state index contributed by atoms with van der Waals surface area (Å²) in [7, 11) is 5.89. The lowest BCUT2D eigenvalue weighted by atomic mass is 10.1. The molecule has 0 saturated heterocycles. The SMILES string of the molecule is CCNC(=NCCCN(C)C)NCCc1cc(C)ccc1OC. The Kier molecular flexibility index (Phi) is 9.14. The highest BCUT2D eigenvalue weighted by atomic mass is 16.5. The Hall–Kier alpha value is -1.75. The van der Waals surface area contributed by atoms with Crippen LogP contribution in [0.25, 0.3) is 0 Å². The van der Waals surface area contributed by atoms with Crippen LogP contribution in [0.1, 0.15) is 24.5 Å². The van der Waals surface area contributed by atoms with Gasteiger partial charge in [0.15, 0.2) is 5.96 Å². The highest BCUT2D eigenvalue weighted by Crippen LogP contribution is 2.19. The van der Waals surface area contributed by atoms with Crippen LogP contribution in [0, 0.1) is 6.92 Å². The molecule has 0 amide bonds. The van der Waals surface area contributed by atoms with Crippen LogP contribution in [0.3, 0.4) is 0 Å². The molecule has 5 nitrogen and oxygen atoms in total. The largest absolute Gasteiger partial charge is 0.496 e. The van der Waals surface area contributed by atoms with E-state index in [1.807, 2.05) is 6.07 Å². The second kappa shape index (κ2) is 10.9. The molecule has 1 rings (SSSR count). The van der Waals surface area contributed by atoms with Gasteiger partial charge in [0.25, 0.3) is 0 Å². The molecule has 0 fully saturated rings. The standard InChI is InChI=1S/C18H32N4O/c1-6-19-18(20-11-7-13-22(3)4)21-12-10-16-14-15(2)8-9-17(16)23-5/h8-9,14H,6-7,10-13H2,1-5H3,(H2,19,20,21). The van der Waals surface area contributed by atoms with Crippen molar-refractivity contribution in [3.05, 3.63) is 29.3 Å². The normalized spacial score (nSPS) is 11.7. The third-order valence-electron chi connectivity index (χ3n) is 3.50. The maximum absolute atomic E-state index is 5.43. The van der Waals surface area contributed by atoms with Crippen LogP contribution in [0.15, 0.2) is 23.2 Å². The van der Waals surface area contributed by atoms with Gasteiger partial charge >= 0.3 is 0 Å². The van der Waals surface area contributed by atoms with Gasteiger partial charge in [0.05, 0.1) is 7.11 Å². The second-order valence-electron chi connectivity index (χ2n) is 5.91. The molecular formula is C18H32N4O. The monoisotopic (exact) mass is 320 g/mol. The van der Waals surface area contributed by atoms with Crippen molar-refractivity contribution in [3.63, 3.8) is 0 Å². The topological polar surface area (TPSA) is 48.9 Å². The molecule has 0 aromatic heterocycles. The molecule has 0 aliphatic rings. The first-order chi connectivity index (χ1) is 11.1. The number of hydrogen-bond donors (Lipinski definition) is 2. The third-order valence-corrected chi connectivity index (χ3v) is 3.50. The fraction of sp³-hybridized carbons (Fsp3) is 0.611. The Labute approximate surface area is 141 Å². The zero-order valence-electron chi connectivity index (χ0n) is 15.3. The van der Waals surface area contributed by atoms with Gasteiger partial charge in [-0.3, -0.25) is 4.99 Å². The van der Waals surface area contributed by atoms with Gasteiger partial charge in [-0.05, 0) is 59.0 Å². The van der Waals surface area contributed by atoms with Gasteiger partial charge in [0, 0.05) is 19.6 Å². The van der Waals surface area contributed by atoms with Gasteiger partial charge in [-0.2, -0.15) is 0 Å². The molecule has 5 heteroatoms. The fourth-order valence-corrected chi connectivity index (χ4v) is 2.34. The Morgan fingerprint density at radius 3 is 2.70 bits per heavy atom. The number of nitrogens with zero attached hydrogens (tertiary/aromatic N) is 2. The first-order valence-corrected chi connectivity index (χ1v) is 8.37. The summed E-state index contributed by atoms with van der Waals surface area (Å²) >= 11 is 0. The predicted octanol–water partition coefficient (Wildman–Crippen LogP) is 2.05. The molecule has 2 N–H and O–H groups in total. The van der Waals surface area contributed by atoms with Crippen molar-refractivity contribution < 1.29 is 4.74 Å². The van der Waals surface area contributed by atoms with E-state index >= 15 is 0 Å². The Bertz CT molecular complexity index is 486. The van der Waals surface area contributed by atoms with Crippen molar-refractivity contribution >= 4 is 5.96 Å². The number of hydrogen-bond acceptors (Lipinski definition) is 3. The Morgan fingerprint density at radius 1 is 1.26 bits per heavy atom. The molecule has 0 aliphatic heterocycles. The van der Waals surface area contributed by atoms with E-state index in [-0.39, 0.29) is 0 Å². The first-order valence-electron chi connectivity index (χ1n) is 8.37. The zero-order valence-corrected chi connectivity index (χ0v) is 15.3. The molecule has 130 valence electrons. The molecule has 0 bridgehead atoms. The summed E-state index contributed by atoms with van der Waals surface area (Å²) < 4.78 is 5.43. The van der Waals surface area contributed by atoms with Crippen LogP contribution in [-0.4, -0.2) is 58.2 Å². The lowest BCUT2D eigenvalue weighted by molar-refractivity contribution is 0.403. The van der Waals surface area contributed by atoms with E-state index in [9.17, 15) is 0 Å². The number of rotatable bonds is 9. The minimum Gasteiger partial charge on any atom is -0.496 e. The van der Waals surface area contributed by atoms with Gasteiger partial charge in [-0.1, -0.05) is 17.7 Å². The van der Waals surface area contributed by atoms with Crippen LogP contribution in [0.5, 0.6) is 5.75 Å². The summed E-state index contributed by atoms with van der Waals surface area (Å²) in [5, 5.41) is 6.69. The van der Waals surface area contributed by atoms with Crippen LogP contribution < -0.4 is 15.4 Å². The predicted molar refractivity (Wildman–Crippen MR) is 98.6 cm³/mol. The van der Waals surface area contributed by atoms with Crippen molar-refractivity contribution in [1.82, 2.24) is 15.5 Å². The number of ether oxygens (including phenoxy) is 1. The van der Waals surface area contributed by atoms with E-state index in [1.165, 1.54) is 11.1 Å². The van der Waals surface area contributed by atoms with Crippen LogP contribution in [0.2, 0.25) is 0 Å². The lowest BCUT2D eigenvalue weighted by Gasteiger charge is -2.13. The summed E-state index contributed by atoms with van der Waals surface area (Å²) in [4.78, 5) is 6.79. The smallest absolute Gasteiger partial charge is 0.191 e. The van der Waals surface area contributed by atoms with E-state index in [0.717, 1.165) is 50.7 Å². The maximum atomic E-state index is 5.43. The molecule has 0 spiro atoms. The lowest BCUT2D eigenvalue weighted by Crippen LogP contribution is -2.38. The molecule has 0 radical (unpaired) electrons. The van der Waals surface area contributed by atoms with Crippen LogP contribution >= 0.6 is 0 Å². The fourth-order valence-electron chi connectivity index (χ4n) is 2.34. The van der Waals surface area contributed by atoms with Gasteiger partial charge in [-0.15, -0.1) is 0 Å². The number of aliphatic imine (C=N–C) groups is 1. The number of nitrogens with one attached hydrogen (secondary N) is 2. The summed E-state index contributed by atoms with van der Waals surface area (Å²) in [6.07, 6.45) is 1.97. The van der Waals surface area contributed by atoms with Gasteiger partial charge in [0.2, 0.25) is 0 Å². The Balaban J connectivity index is 2.49. The van der Waals surface area contributed by atoms with Crippen molar-refractivity contribution in [2.45, 2.75) is 26.7 Å². The van der Waals surface area contributed by atoms with Crippen molar-refractivity contribution in [3.8, 4) is 5.75 Å². The number of aryl methyl sites for hydroxylation is 1. The molecule has 0 unspecified atom stereocenters. The zero-order chi connectivity index (χ0) is 17.1. The summed E-state index contributed by atoms with van der Waals surface area (Å²) in [6.45, 7) is 7.78. The van der Waals surface area contributed by atoms with E-state index in [1.54, 1.807) is 7.11 Å². The number of methoxy groups -OCH3 is 1. The summed E-state index contributed by atoms with van der Waals surface area (Å²) in [5.41, 5.74) is 2.48. The first kappa shape index (κ1) is 19.3. The van der Waals surface area contributed by atoms with Gasteiger partial charge in [-0.25, -0.2) is 0 Å². The van der Waals surface area contributed by atoms with Gasteiger partial charge in [0.1, 0.15) is 5.75 Å². The second-order valence-corrected chi connectivity index (χ2v) is 5.91. The van der Waals surface area contributed by atoms with Crippen molar-refractivity contribution in [2.75, 3.05) is 47.4 Å². The minimum atomic E-state index is 0.833. The molecule has 1 aromatic carbocycles. The molecule has 0 atom stereocenters. The van der Waals surface area contributed by atoms with E-state index in [4.69, 9.17) is 4.74 Å². The van der Waals surface area contributed by atoms with Crippen LogP contribution in [-0.2, 0) is 6.42 Å². The average Bonchev–Trinajstić information content (AvgIpc) is 2.51. The minimum absolute atomic E-state index is 0.833. The molecule has 1 aromatic rings. The highest BCUT2D eigenvalue weighted by molar-refractivity contribution is 5.79. The van der Waals surface area contributed by atoms with E-state index in [0.29, 0.717) is 0 Å². The average molecular weight is 320 g/mol. The van der Waals surface area contributed by atoms with Crippen LogP contribution in [0.4, 0.5) is 0 Å². The quantitative estimate of drug-likeness (QED) is 0.415.